The number of hydrogen-bond acceptors (Lipinski definition) is 4. The second-order valence-electron chi connectivity index (χ2n) is 5.86. The van der Waals surface area contributed by atoms with Gasteiger partial charge in [-0.2, -0.15) is 5.10 Å². The highest BCUT2D eigenvalue weighted by atomic mass is 32.1. The van der Waals surface area contributed by atoms with Crippen molar-refractivity contribution in [1.29, 1.82) is 0 Å². The summed E-state index contributed by atoms with van der Waals surface area (Å²) in [5.74, 6) is -0.277. The van der Waals surface area contributed by atoms with E-state index in [1.807, 2.05) is 30.4 Å². The minimum Gasteiger partial charge on any atom is -0.327 e. The van der Waals surface area contributed by atoms with Crippen molar-refractivity contribution in [2.75, 3.05) is 6.54 Å². The molecule has 3 aromatic rings. The molecule has 0 aliphatic rings. The molecule has 0 amide bonds. The number of aromatic nitrogens is 3. The van der Waals surface area contributed by atoms with Gasteiger partial charge in [-0.25, -0.2) is 18.3 Å². The van der Waals surface area contributed by atoms with Gasteiger partial charge in [-0.05, 0) is 41.5 Å². The molecule has 1 aromatic carbocycles. The fourth-order valence-corrected chi connectivity index (χ4v) is 3.36. The second-order valence-corrected chi connectivity index (χ2v) is 7.06. The van der Waals surface area contributed by atoms with Gasteiger partial charge in [0, 0.05) is 16.3 Å². The first-order valence-corrected chi connectivity index (χ1v) is 9.03. The zero-order chi connectivity index (χ0) is 19.2. The molecule has 3 rings (SSSR count). The molecule has 0 aliphatic heterocycles. The number of benzene rings is 1. The van der Waals surface area contributed by atoms with E-state index in [1.54, 1.807) is 6.07 Å². The van der Waals surface area contributed by atoms with E-state index < -0.39 is 0 Å². The summed E-state index contributed by atoms with van der Waals surface area (Å²) >= 11 is 1.52. The first-order valence-electron chi connectivity index (χ1n) is 8.22. The van der Waals surface area contributed by atoms with Crippen LogP contribution in [0.4, 0.5) is 8.78 Å². The Balaban J connectivity index is 1.69. The fourth-order valence-electron chi connectivity index (χ4n) is 2.45. The SMILES string of the molecule is NC/C(=C\F)Cn1ncn(Cc2ccc(/C=C/c3cccc(F)c3)s2)c1=O. The topological polar surface area (TPSA) is 65.8 Å². The molecular weight excluding hydrogens is 370 g/mol. The van der Waals surface area contributed by atoms with Crippen molar-refractivity contribution in [3.63, 3.8) is 0 Å². The molecule has 0 atom stereocenters. The van der Waals surface area contributed by atoms with Gasteiger partial charge in [0.05, 0.1) is 19.4 Å². The third-order valence-corrected chi connectivity index (χ3v) is 4.90. The Morgan fingerprint density at radius 1 is 1.26 bits per heavy atom. The lowest BCUT2D eigenvalue weighted by atomic mass is 10.2. The lowest BCUT2D eigenvalue weighted by Gasteiger charge is -2.01. The third-order valence-electron chi connectivity index (χ3n) is 3.86. The van der Waals surface area contributed by atoms with Crippen molar-refractivity contribution in [1.82, 2.24) is 14.3 Å². The number of thiophene rings is 1. The summed E-state index contributed by atoms with van der Waals surface area (Å²) in [6, 6.07) is 10.2. The Labute approximate surface area is 158 Å². The zero-order valence-electron chi connectivity index (χ0n) is 14.4. The average molecular weight is 388 g/mol. The Kier molecular flexibility index (Phi) is 6.10. The fraction of sp³-hybridized carbons (Fsp3) is 0.158. The van der Waals surface area contributed by atoms with Crippen molar-refractivity contribution in [3.8, 4) is 0 Å². The Morgan fingerprint density at radius 3 is 2.85 bits per heavy atom. The second kappa shape index (κ2) is 8.70. The number of halogens is 2. The van der Waals surface area contributed by atoms with Gasteiger partial charge in [0.2, 0.25) is 0 Å². The van der Waals surface area contributed by atoms with Crippen LogP contribution < -0.4 is 11.4 Å². The lowest BCUT2D eigenvalue weighted by molar-refractivity contribution is 0.604. The van der Waals surface area contributed by atoms with E-state index in [9.17, 15) is 13.6 Å². The molecule has 2 heterocycles. The average Bonchev–Trinajstić information content (AvgIpc) is 3.26. The summed E-state index contributed by atoms with van der Waals surface area (Å²) in [7, 11) is 0. The van der Waals surface area contributed by atoms with Crippen LogP contribution >= 0.6 is 11.3 Å². The highest BCUT2D eigenvalue weighted by Crippen LogP contribution is 2.20. The minimum atomic E-state index is -0.326. The molecule has 2 aromatic heterocycles. The highest BCUT2D eigenvalue weighted by Gasteiger charge is 2.08. The van der Waals surface area contributed by atoms with Crippen LogP contribution in [0.3, 0.4) is 0 Å². The van der Waals surface area contributed by atoms with E-state index in [2.05, 4.69) is 5.10 Å². The van der Waals surface area contributed by atoms with Gasteiger partial charge in [0.15, 0.2) is 0 Å². The summed E-state index contributed by atoms with van der Waals surface area (Å²) < 4.78 is 28.5. The highest BCUT2D eigenvalue weighted by molar-refractivity contribution is 7.12. The summed E-state index contributed by atoms with van der Waals surface area (Å²) in [5.41, 5.74) is 6.15. The van der Waals surface area contributed by atoms with Crippen molar-refractivity contribution >= 4 is 23.5 Å². The molecule has 0 radical (unpaired) electrons. The molecule has 0 saturated heterocycles. The van der Waals surface area contributed by atoms with Gasteiger partial charge in [0.25, 0.3) is 0 Å². The first-order chi connectivity index (χ1) is 13.1. The molecule has 5 nitrogen and oxygen atoms in total. The van der Waals surface area contributed by atoms with Crippen LogP contribution in [0.15, 0.2) is 59.4 Å². The quantitative estimate of drug-likeness (QED) is 0.676. The normalized spacial score (nSPS) is 12.2. The van der Waals surface area contributed by atoms with E-state index in [4.69, 9.17) is 5.73 Å². The Morgan fingerprint density at radius 2 is 2.11 bits per heavy atom. The Hall–Kier alpha value is -2.84. The number of rotatable bonds is 7. The van der Waals surface area contributed by atoms with Crippen LogP contribution in [0, 0.1) is 5.82 Å². The molecule has 27 heavy (non-hydrogen) atoms. The predicted octanol–water partition coefficient (Wildman–Crippen LogP) is 3.28. The van der Waals surface area contributed by atoms with Gasteiger partial charge in [-0.15, -0.1) is 11.3 Å². The molecule has 140 valence electrons. The van der Waals surface area contributed by atoms with Crippen LogP contribution in [0.25, 0.3) is 12.2 Å². The van der Waals surface area contributed by atoms with Crippen molar-refractivity contribution in [2.45, 2.75) is 13.1 Å². The van der Waals surface area contributed by atoms with E-state index in [1.165, 1.54) is 39.0 Å². The van der Waals surface area contributed by atoms with E-state index in [-0.39, 0.29) is 24.6 Å². The molecule has 0 fully saturated rings. The van der Waals surface area contributed by atoms with E-state index in [0.717, 1.165) is 15.3 Å². The van der Waals surface area contributed by atoms with Crippen LogP contribution in [-0.2, 0) is 13.1 Å². The molecular formula is C19H18F2N4OS. The largest absolute Gasteiger partial charge is 0.346 e. The van der Waals surface area contributed by atoms with Gasteiger partial charge >= 0.3 is 5.69 Å². The first kappa shape index (κ1) is 18.9. The van der Waals surface area contributed by atoms with Gasteiger partial charge < -0.3 is 5.73 Å². The van der Waals surface area contributed by atoms with Crippen LogP contribution in [0.5, 0.6) is 0 Å². The molecule has 8 heteroatoms. The standard InChI is InChI=1S/C19H18F2N4OS/c20-9-15(10-22)11-25-19(26)24(13-23-25)12-18-7-6-17(27-18)5-4-14-2-1-3-16(21)8-14/h1-9,13H,10-12,22H2/b5-4+,15-9+. The Bertz CT molecular complexity index is 1030. The molecule has 0 unspecified atom stereocenters. The maximum absolute atomic E-state index is 13.2. The minimum absolute atomic E-state index is 0.0295. The maximum atomic E-state index is 13.2. The molecule has 0 aliphatic carbocycles. The predicted molar refractivity (Wildman–Crippen MR) is 103 cm³/mol. The lowest BCUT2D eigenvalue weighted by Crippen LogP contribution is -2.26. The molecule has 0 bridgehead atoms. The van der Waals surface area contributed by atoms with Crippen LogP contribution in [0.1, 0.15) is 15.3 Å². The number of nitrogens with zero attached hydrogens (tertiary/aromatic N) is 3. The number of hydrogen-bond donors (Lipinski definition) is 1. The van der Waals surface area contributed by atoms with Crippen LogP contribution in [0.2, 0.25) is 0 Å². The number of nitrogens with two attached hydrogens (primary N) is 1. The van der Waals surface area contributed by atoms with Gasteiger partial charge in [-0.3, -0.25) is 4.57 Å². The smallest absolute Gasteiger partial charge is 0.327 e. The van der Waals surface area contributed by atoms with Crippen LogP contribution in [-0.4, -0.2) is 20.9 Å². The summed E-state index contributed by atoms with van der Waals surface area (Å²) in [6.45, 7) is 0.432. The van der Waals surface area contributed by atoms with Gasteiger partial charge in [-0.1, -0.05) is 18.2 Å². The zero-order valence-corrected chi connectivity index (χ0v) is 15.2. The van der Waals surface area contributed by atoms with E-state index >= 15 is 0 Å². The van der Waals surface area contributed by atoms with Crippen molar-refractivity contribution in [3.05, 3.63) is 86.2 Å². The monoisotopic (exact) mass is 388 g/mol. The van der Waals surface area contributed by atoms with Crippen molar-refractivity contribution in [2.24, 2.45) is 5.73 Å². The molecule has 0 spiro atoms. The molecule has 2 N–H and O–H groups in total. The summed E-state index contributed by atoms with van der Waals surface area (Å²) in [6.07, 6.45) is 5.56. The molecule has 0 saturated carbocycles. The maximum Gasteiger partial charge on any atom is 0.346 e. The third kappa shape index (κ3) is 4.87. The summed E-state index contributed by atoms with van der Waals surface area (Å²) in [4.78, 5) is 14.3. The van der Waals surface area contributed by atoms with Gasteiger partial charge in [0.1, 0.15) is 12.1 Å². The summed E-state index contributed by atoms with van der Waals surface area (Å²) in [5, 5.41) is 4.00. The van der Waals surface area contributed by atoms with E-state index in [0.29, 0.717) is 18.4 Å². The van der Waals surface area contributed by atoms with Crippen molar-refractivity contribution < 1.29 is 8.78 Å².